The molecule has 0 aliphatic heterocycles. The molecule has 6 nitrogen and oxygen atoms in total. The van der Waals surface area contributed by atoms with Crippen LogP contribution >= 0.6 is 0 Å². The van der Waals surface area contributed by atoms with Crippen LogP contribution in [0.15, 0.2) is 72.9 Å². The summed E-state index contributed by atoms with van der Waals surface area (Å²) in [6.45, 7) is 4.23. The van der Waals surface area contributed by atoms with Crippen LogP contribution in [0.1, 0.15) is 31.0 Å². The molecule has 174 valence electrons. The molecule has 0 aliphatic rings. The van der Waals surface area contributed by atoms with Crippen molar-refractivity contribution >= 4 is 17.5 Å². The van der Waals surface area contributed by atoms with Gasteiger partial charge in [0.15, 0.2) is 0 Å². The zero-order valence-electron chi connectivity index (χ0n) is 18.5. The lowest BCUT2D eigenvalue weighted by atomic mass is 9.95. The molecule has 0 unspecified atom stereocenters. The van der Waals surface area contributed by atoms with Gasteiger partial charge in [0.05, 0.1) is 5.69 Å². The van der Waals surface area contributed by atoms with Crippen LogP contribution in [0.25, 0.3) is 11.3 Å². The van der Waals surface area contributed by atoms with Crippen molar-refractivity contribution in [1.29, 1.82) is 0 Å². The Hall–Kier alpha value is -4.14. The van der Waals surface area contributed by atoms with Gasteiger partial charge in [0.25, 0.3) is 0 Å². The molecule has 0 aliphatic carbocycles. The van der Waals surface area contributed by atoms with Crippen LogP contribution in [-0.4, -0.2) is 15.0 Å². The maximum Gasteiger partial charge on any atom is 0.433 e. The van der Waals surface area contributed by atoms with Gasteiger partial charge in [0, 0.05) is 29.6 Å². The third kappa shape index (κ3) is 5.43. The molecule has 34 heavy (non-hydrogen) atoms. The van der Waals surface area contributed by atoms with Gasteiger partial charge in [-0.1, -0.05) is 38.1 Å². The summed E-state index contributed by atoms with van der Waals surface area (Å²) < 4.78 is 44.1. The minimum atomic E-state index is -4.54. The highest BCUT2D eigenvalue weighted by Gasteiger charge is 2.32. The van der Waals surface area contributed by atoms with E-state index < -0.39 is 11.9 Å². The van der Waals surface area contributed by atoms with E-state index in [0.717, 1.165) is 23.4 Å². The highest BCUT2D eigenvalue weighted by molar-refractivity contribution is 5.70. The Morgan fingerprint density at radius 2 is 1.65 bits per heavy atom. The molecule has 4 rings (SSSR count). The summed E-state index contributed by atoms with van der Waals surface area (Å²) in [5.41, 5.74) is 8.48. The molecule has 0 saturated carbocycles. The Morgan fingerprint density at radius 3 is 2.35 bits per heavy atom. The van der Waals surface area contributed by atoms with Gasteiger partial charge >= 0.3 is 6.18 Å². The minimum absolute atomic E-state index is 0.0417. The van der Waals surface area contributed by atoms with Crippen molar-refractivity contribution in [3.63, 3.8) is 0 Å². The molecule has 3 N–H and O–H groups in total. The van der Waals surface area contributed by atoms with E-state index in [-0.39, 0.29) is 11.7 Å². The predicted octanol–water partition coefficient (Wildman–Crippen LogP) is 6.80. The summed E-state index contributed by atoms with van der Waals surface area (Å²) in [4.78, 5) is 12.0. The van der Waals surface area contributed by atoms with Crippen molar-refractivity contribution in [2.24, 2.45) is 0 Å². The van der Waals surface area contributed by atoms with Crippen molar-refractivity contribution in [2.45, 2.75) is 25.9 Å². The van der Waals surface area contributed by atoms with Crippen molar-refractivity contribution in [2.75, 3.05) is 11.1 Å². The summed E-state index contributed by atoms with van der Waals surface area (Å²) in [6, 6.07) is 18.7. The van der Waals surface area contributed by atoms with Gasteiger partial charge in [0.1, 0.15) is 23.0 Å². The molecular weight excluding hydrogens is 443 g/mol. The van der Waals surface area contributed by atoms with Gasteiger partial charge in [-0.2, -0.15) is 18.2 Å². The summed E-state index contributed by atoms with van der Waals surface area (Å²) >= 11 is 0. The standard InChI is InChI=1S/C25H22F3N5O/c1-15(2)19-5-3-4-6-20(19)21-14-23(33-24(29)32-21)31-16-7-9-17(10-8-16)34-18-11-12-30-22(13-18)25(26,27)28/h3-15H,1-2H3,(H3,29,31,32,33). The second-order valence-electron chi connectivity index (χ2n) is 7.86. The molecule has 9 heteroatoms. The number of halogens is 3. The van der Waals surface area contributed by atoms with Gasteiger partial charge in [0.2, 0.25) is 5.95 Å². The lowest BCUT2D eigenvalue weighted by Crippen LogP contribution is -2.07. The highest BCUT2D eigenvalue weighted by atomic mass is 19.4. The van der Waals surface area contributed by atoms with Crippen molar-refractivity contribution in [3.8, 4) is 22.8 Å². The number of alkyl halides is 3. The summed E-state index contributed by atoms with van der Waals surface area (Å²) in [5, 5.41) is 3.18. The Labute approximate surface area is 194 Å². The largest absolute Gasteiger partial charge is 0.457 e. The number of benzene rings is 2. The SMILES string of the molecule is CC(C)c1ccccc1-c1cc(Nc2ccc(Oc3ccnc(C(F)(F)F)c3)cc2)nc(N)n1. The first-order chi connectivity index (χ1) is 16.2. The molecule has 0 amide bonds. The maximum absolute atomic E-state index is 12.8. The molecular formula is C25H22F3N5O. The lowest BCUT2D eigenvalue weighted by molar-refractivity contribution is -0.141. The van der Waals surface area contributed by atoms with Crippen LogP contribution in [0.3, 0.4) is 0 Å². The van der Waals surface area contributed by atoms with Crippen molar-refractivity contribution in [3.05, 3.63) is 84.2 Å². The summed E-state index contributed by atoms with van der Waals surface area (Å²) in [5.74, 6) is 1.37. The number of hydrogen-bond acceptors (Lipinski definition) is 6. The van der Waals surface area contributed by atoms with E-state index in [9.17, 15) is 13.2 Å². The van der Waals surface area contributed by atoms with E-state index in [0.29, 0.717) is 28.9 Å². The lowest BCUT2D eigenvalue weighted by Gasteiger charge is -2.14. The van der Waals surface area contributed by atoms with Gasteiger partial charge in [-0.25, -0.2) is 4.98 Å². The number of anilines is 3. The third-order valence-corrected chi connectivity index (χ3v) is 4.99. The smallest absolute Gasteiger partial charge is 0.433 e. The quantitative estimate of drug-likeness (QED) is 0.326. The normalized spacial score (nSPS) is 11.5. The zero-order valence-corrected chi connectivity index (χ0v) is 18.5. The van der Waals surface area contributed by atoms with E-state index in [1.165, 1.54) is 6.07 Å². The second-order valence-corrected chi connectivity index (χ2v) is 7.86. The first-order valence-electron chi connectivity index (χ1n) is 10.5. The summed E-state index contributed by atoms with van der Waals surface area (Å²) in [6.07, 6.45) is -3.48. The molecule has 2 aromatic carbocycles. The van der Waals surface area contributed by atoms with Gasteiger partial charge in [-0.05, 0) is 41.8 Å². The molecule has 0 saturated heterocycles. The predicted molar refractivity (Wildman–Crippen MR) is 125 cm³/mol. The van der Waals surface area contributed by atoms with Crippen LogP contribution in [-0.2, 0) is 6.18 Å². The van der Waals surface area contributed by atoms with E-state index in [2.05, 4.69) is 40.2 Å². The fourth-order valence-electron chi connectivity index (χ4n) is 3.42. The van der Waals surface area contributed by atoms with E-state index >= 15 is 0 Å². The fraction of sp³-hybridized carbons (Fsp3) is 0.160. The number of nitrogens with two attached hydrogens (primary N) is 1. The number of nitrogen functional groups attached to an aromatic ring is 1. The monoisotopic (exact) mass is 465 g/mol. The zero-order chi connectivity index (χ0) is 24.3. The molecule has 4 aromatic rings. The molecule has 0 atom stereocenters. The van der Waals surface area contributed by atoms with Crippen LogP contribution in [0.2, 0.25) is 0 Å². The Balaban J connectivity index is 1.52. The first-order valence-corrected chi connectivity index (χ1v) is 10.5. The minimum Gasteiger partial charge on any atom is -0.457 e. The van der Waals surface area contributed by atoms with Crippen LogP contribution < -0.4 is 15.8 Å². The Bertz CT molecular complexity index is 1290. The molecule has 0 fully saturated rings. The fourth-order valence-corrected chi connectivity index (χ4v) is 3.42. The Kier molecular flexibility index (Phi) is 6.36. The number of pyridine rings is 1. The number of nitrogens with one attached hydrogen (secondary N) is 1. The van der Waals surface area contributed by atoms with Crippen molar-refractivity contribution < 1.29 is 17.9 Å². The Morgan fingerprint density at radius 1 is 0.912 bits per heavy atom. The van der Waals surface area contributed by atoms with Gasteiger partial charge in [-0.15, -0.1) is 0 Å². The number of nitrogens with zero attached hydrogens (tertiary/aromatic N) is 3. The first kappa shape index (κ1) is 23.0. The molecule has 0 spiro atoms. The van der Waals surface area contributed by atoms with Gasteiger partial charge in [-0.3, -0.25) is 4.98 Å². The topological polar surface area (TPSA) is 86.0 Å². The van der Waals surface area contributed by atoms with Gasteiger partial charge < -0.3 is 15.8 Å². The highest BCUT2D eigenvalue weighted by Crippen LogP contribution is 2.32. The number of aromatic nitrogens is 3. The van der Waals surface area contributed by atoms with Crippen LogP contribution in [0, 0.1) is 0 Å². The van der Waals surface area contributed by atoms with E-state index in [1.54, 1.807) is 24.3 Å². The average molecular weight is 465 g/mol. The molecule has 0 bridgehead atoms. The molecule has 2 heterocycles. The average Bonchev–Trinajstić information content (AvgIpc) is 2.79. The van der Waals surface area contributed by atoms with Crippen LogP contribution in [0.4, 0.5) is 30.6 Å². The third-order valence-electron chi connectivity index (χ3n) is 4.99. The second kappa shape index (κ2) is 9.38. The number of ether oxygens (including phenoxy) is 1. The maximum atomic E-state index is 12.8. The summed E-state index contributed by atoms with van der Waals surface area (Å²) in [7, 11) is 0. The van der Waals surface area contributed by atoms with E-state index in [1.807, 2.05) is 24.3 Å². The molecule has 0 radical (unpaired) electrons. The molecule has 2 aromatic heterocycles. The van der Waals surface area contributed by atoms with E-state index in [4.69, 9.17) is 10.5 Å². The number of rotatable bonds is 6. The van der Waals surface area contributed by atoms with Crippen LogP contribution in [0.5, 0.6) is 11.5 Å². The van der Waals surface area contributed by atoms with Crippen molar-refractivity contribution in [1.82, 2.24) is 15.0 Å². The number of hydrogen-bond donors (Lipinski definition) is 2.